The normalized spacial score (nSPS) is 16.1. The van der Waals surface area contributed by atoms with Gasteiger partial charge in [-0.1, -0.05) is 34.4 Å². The third kappa shape index (κ3) is 4.90. The molecule has 8 heteroatoms. The van der Waals surface area contributed by atoms with E-state index >= 15 is 0 Å². The van der Waals surface area contributed by atoms with Gasteiger partial charge < -0.3 is 14.7 Å². The number of benzene rings is 1. The molecule has 1 N–H and O–H groups in total. The second-order valence-electron chi connectivity index (χ2n) is 6.18. The van der Waals surface area contributed by atoms with Crippen molar-refractivity contribution in [3.63, 3.8) is 0 Å². The number of nitrogens with zero attached hydrogens (tertiary/aromatic N) is 4. The van der Waals surface area contributed by atoms with E-state index in [1.54, 1.807) is 6.26 Å². The first kappa shape index (κ1) is 19.0. The highest BCUT2D eigenvalue weighted by molar-refractivity contribution is 6.35. The Hall–Kier alpha value is -1.76. The van der Waals surface area contributed by atoms with E-state index < -0.39 is 0 Å². The minimum Gasteiger partial charge on any atom is -0.364 e. The highest BCUT2D eigenvalue weighted by atomic mass is 35.5. The van der Waals surface area contributed by atoms with Crippen molar-refractivity contribution in [2.75, 3.05) is 39.8 Å². The van der Waals surface area contributed by atoms with E-state index in [1.165, 1.54) is 0 Å². The van der Waals surface area contributed by atoms with Gasteiger partial charge in [0.2, 0.25) is 0 Å². The Kier molecular flexibility index (Phi) is 6.77. The maximum Gasteiger partial charge on any atom is 0.193 e. The number of hydrogen-bond donors (Lipinski definition) is 1. The van der Waals surface area contributed by atoms with Crippen LogP contribution in [0.15, 0.2) is 40.0 Å². The van der Waals surface area contributed by atoms with Crippen LogP contribution in [0.2, 0.25) is 10.0 Å². The quantitative estimate of drug-likeness (QED) is 0.622. The third-order valence-corrected chi connectivity index (χ3v) is 5.19. The zero-order chi connectivity index (χ0) is 18.4. The van der Waals surface area contributed by atoms with Crippen molar-refractivity contribution in [1.29, 1.82) is 0 Å². The van der Waals surface area contributed by atoms with Crippen LogP contribution in [-0.2, 0) is 13.0 Å². The summed E-state index contributed by atoms with van der Waals surface area (Å²) in [6.45, 7) is 5.32. The Bertz CT molecular complexity index is 707. The summed E-state index contributed by atoms with van der Waals surface area (Å²) in [6.07, 6.45) is 2.37. The summed E-state index contributed by atoms with van der Waals surface area (Å²) in [6, 6.07) is 7.50. The molecule has 0 bridgehead atoms. The van der Waals surface area contributed by atoms with Crippen LogP contribution in [-0.4, -0.2) is 60.7 Å². The van der Waals surface area contributed by atoms with Crippen LogP contribution in [0.4, 0.5) is 0 Å². The molecule has 26 heavy (non-hydrogen) atoms. The first-order chi connectivity index (χ1) is 12.7. The van der Waals surface area contributed by atoms with Gasteiger partial charge in [0, 0.05) is 62.4 Å². The Labute approximate surface area is 163 Å². The molecule has 0 atom stereocenters. The van der Waals surface area contributed by atoms with E-state index in [2.05, 4.69) is 25.3 Å². The minimum atomic E-state index is 0.704. The number of piperazine rings is 1. The molecule has 1 saturated heterocycles. The van der Waals surface area contributed by atoms with E-state index in [1.807, 2.05) is 31.3 Å². The molecule has 1 aromatic carbocycles. The van der Waals surface area contributed by atoms with Crippen molar-refractivity contribution in [1.82, 2.24) is 20.3 Å². The molecule has 2 aromatic rings. The lowest BCUT2D eigenvalue weighted by Gasteiger charge is -2.36. The summed E-state index contributed by atoms with van der Waals surface area (Å²) in [7, 11) is 1.81. The molecule has 1 aromatic heterocycles. The number of hydrogen-bond acceptors (Lipinski definition) is 4. The van der Waals surface area contributed by atoms with Crippen LogP contribution in [0.1, 0.15) is 11.3 Å². The minimum absolute atomic E-state index is 0.704. The lowest BCUT2D eigenvalue weighted by atomic mass is 10.1. The summed E-state index contributed by atoms with van der Waals surface area (Å²) >= 11 is 12.5. The highest BCUT2D eigenvalue weighted by Crippen LogP contribution is 2.24. The fraction of sp³-hybridized carbons (Fsp3) is 0.444. The number of aliphatic imine (C=N–C) groups is 1. The summed E-state index contributed by atoms with van der Waals surface area (Å²) in [5, 5.41) is 8.80. The van der Waals surface area contributed by atoms with Crippen LogP contribution in [0.25, 0.3) is 0 Å². The standard InChI is InChI=1S/C18H23Cl2N5O/c1-21-18(22-7-5-15-16(19)3-2-4-17(15)20)25-10-8-24(9-11-25)13-14-6-12-26-23-14/h2-4,6,12H,5,7-11,13H2,1H3,(H,21,22). The van der Waals surface area contributed by atoms with E-state index in [-0.39, 0.29) is 0 Å². The molecule has 2 heterocycles. The monoisotopic (exact) mass is 395 g/mol. The molecule has 0 saturated carbocycles. The zero-order valence-corrected chi connectivity index (χ0v) is 16.3. The summed E-state index contributed by atoms with van der Waals surface area (Å²) in [4.78, 5) is 9.05. The van der Waals surface area contributed by atoms with Gasteiger partial charge in [0.05, 0.1) is 5.69 Å². The predicted octanol–water partition coefficient (Wildman–Crippen LogP) is 2.92. The molecule has 0 spiro atoms. The first-order valence-electron chi connectivity index (χ1n) is 8.67. The maximum absolute atomic E-state index is 6.23. The van der Waals surface area contributed by atoms with Gasteiger partial charge in [-0.25, -0.2) is 0 Å². The van der Waals surface area contributed by atoms with Crippen LogP contribution in [0.3, 0.4) is 0 Å². The molecule has 0 amide bonds. The molecule has 0 unspecified atom stereocenters. The Morgan fingerprint density at radius 3 is 2.54 bits per heavy atom. The highest BCUT2D eigenvalue weighted by Gasteiger charge is 2.20. The van der Waals surface area contributed by atoms with Crippen molar-refractivity contribution in [3.8, 4) is 0 Å². The molecule has 1 fully saturated rings. The number of rotatable bonds is 5. The molecule has 6 nitrogen and oxygen atoms in total. The zero-order valence-electron chi connectivity index (χ0n) is 14.8. The Morgan fingerprint density at radius 1 is 1.19 bits per heavy atom. The first-order valence-corrected chi connectivity index (χ1v) is 9.43. The van der Waals surface area contributed by atoms with E-state index in [4.69, 9.17) is 27.7 Å². The number of halogens is 2. The van der Waals surface area contributed by atoms with Crippen molar-refractivity contribution >= 4 is 29.2 Å². The molecular weight excluding hydrogens is 373 g/mol. The van der Waals surface area contributed by atoms with Crippen molar-refractivity contribution in [3.05, 3.63) is 51.8 Å². The van der Waals surface area contributed by atoms with Crippen LogP contribution >= 0.6 is 23.2 Å². The molecule has 3 rings (SSSR count). The molecule has 0 radical (unpaired) electrons. The van der Waals surface area contributed by atoms with Gasteiger partial charge >= 0.3 is 0 Å². The maximum atomic E-state index is 6.23. The summed E-state index contributed by atoms with van der Waals surface area (Å²) in [5.41, 5.74) is 1.94. The lowest BCUT2D eigenvalue weighted by molar-refractivity contribution is 0.169. The lowest BCUT2D eigenvalue weighted by Crippen LogP contribution is -2.52. The van der Waals surface area contributed by atoms with Crippen LogP contribution < -0.4 is 5.32 Å². The molecule has 140 valence electrons. The Balaban J connectivity index is 1.46. The van der Waals surface area contributed by atoms with Gasteiger partial charge in [0.25, 0.3) is 0 Å². The van der Waals surface area contributed by atoms with Gasteiger partial charge in [0.1, 0.15) is 6.26 Å². The van der Waals surface area contributed by atoms with Gasteiger partial charge in [-0.2, -0.15) is 0 Å². The summed E-state index contributed by atoms with van der Waals surface area (Å²) in [5.74, 6) is 0.911. The number of guanidine groups is 1. The topological polar surface area (TPSA) is 56.9 Å². The predicted molar refractivity (Wildman–Crippen MR) is 105 cm³/mol. The molecule has 1 aliphatic heterocycles. The second kappa shape index (κ2) is 9.26. The van der Waals surface area contributed by atoms with Crippen LogP contribution in [0, 0.1) is 0 Å². The van der Waals surface area contributed by atoms with Crippen molar-refractivity contribution in [2.45, 2.75) is 13.0 Å². The SMILES string of the molecule is CN=C(NCCc1c(Cl)cccc1Cl)N1CCN(Cc2ccon2)CC1. The van der Waals surface area contributed by atoms with Gasteiger partial charge in [-0.05, 0) is 24.1 Å². The van der Waals surface area contributed by atoms with Gasteiger partial charge in [-0.15, -0.1) is 0 Å². The average molecular weight is 396 g/mol. The molecule has 0 aliphatic carbocycles. The largest absolute Gasteiger partial charge is 0.364 e. The van der Waals surface area contributed by atoms with Crippen molar-refractivity contribution < 1.29 is 4.52 Å². The molecule has 1 aliphatic rings. The fourth-order valence-electron chi connectivity index (χ4n) is 3.07. The number of nitrogens with one attached hydrogen (secondary N) is 1. The smallest absolute Gasteiger partial charge is 0.193 e. The third-order valence-electron chi connectivity index (χ3n) is 4.48. The molecular formula is C18H23Cl2N5O. The number of aromatic nitrogens is 1. The fourth-order valence-corrected chi connectivity index (χ4v) is 3.66. The van der Waals surface area contributed by atoms with E-state index in [0.29, 0.717) is 10.0 Å². The Morgan fingerprint density at radius 2 is 1.92 bits per heavy atom. The van der Waals surface area contributed by atoms with Crippen LogP contribution in [0.5, 0.6) is 0 Å². The van der Waals surface area contributed by atoms with Gasteiger partial charge in [0.15, 0.2) is 5.96 Å². The van der Waals surface area contributed by atoms with Crippen molar-refractivity contribution in [2.24, 2.45) is 4.99 Å². The average Bonchev–Trinajstić information content (AvgIpc) is 3.15. The van der Waals surface area contributed by atoms with Gasteiger partial charge in [-0.3, -0.25) is 9.89 Å². The van der Waals surface area contributed by atoms with E-state index in [9.17, 15) is 0 Å². The summed E-state index contributed by atoms with van der Waals surface area (Å²) < 4.78 is 4.90. The second-order valence-corrected chi connectivity index (χ2v) is 6.99. The van der Waals surface area contributed by atoms with E-state index in [0.717, 1.165) is 62.9 Å².